The van der Waals surface area contributed by atoms with Gasteiger partial charge in [-0.15, -0.1) is 0 Å². The maximum Gasteiger partial charge on any atom is 0.433 e. The molecular weight excluding hydrogens is 542 g/mol. The number of rotatable bonds is 10. The van der Waals surface area contributed by atoms with Crippen LogP contribution in [-0.4, -0.2) is 70.3 Å². The van der Waals surface area contributed by atoms with E-state index in [1.807, 2.05) is 6.92 Å². The van der Waals surface area contributed by atoms with Crippen LogP contribution in [0.15, 0.2) is 18.2 Å². The van der Waals surface area contributed by atoms with Crippen molar-refractivity contribution < 1.29 is 31.9 Å². The zero-order valence-electron chi connectivity index (χ0n) is 22.0. The number of carbonyl (C=O) groups excluding carboxylic acids is 2. The molecule has 1 saturated heterocycles. The largest absolute Gasteiger partial charge is 0.433 e. The lowest BCUT2D eigenvalue weighted by Gasteiger charge is -2.31. The molecule has 2 aromatic rings. The van der Waals surface area contributed by atoms with Gasteiger partial charge in [-0.05, 0) is 69.5 Å². The molecule has 39 heavy (non-hydrogen) atoms. The van der Waals surface area contributed by atoms with Crippen molar-refractivity contribution in [2.45, 2.75) is 69.9 Å². The number of carbonyl (C=O) groups is 2. The van der Waals surface area contributed by atoms with Gasteiger partial charge in [0.05, 0.1) is 31.0 Å². The van der Waals surface area contributed by atoms with E-state index in [-0.39, 0.29) is 36.7 Å². The Hall–Kier alpha value is -2.70. The van der Waals surface area contributed by atoms with Crippen LogP contribution in [0.25, 0.3) is 0 Å². The molecule has 1 aromatic heterocycles. The number of likely N-dealkylation sites (N-methyl/N-ethyl adjacent to an activating group) is 1. The summed E-state index contributed by atoms with van der Waals surface area (Å²) in [7, 11) is 1.71. The number of alkyl halides is 3. The number of nitrogens with zero attached hydrogens (tertiary/aromatic N) is 4. The number of aryl methyl sites for hydroxylation is 1. The van der Waals surface area contributed by atoms with Gasteiger partial charge in [-0.1, -0.05) is 11.6 Å². The highest BCUT2D eigenvalue weighted by Gasteiger charge is 2.43. The van der Waals surface area contributed by atoms with E-state index < -0.39 is 48.2 Å². The van der Waals surface area contributed by atoms with Crippen LogP contribution in [0.2, 0.25) is 5.02 Å². The van der Waals surface area contributed by atoms with Crippen LogP contribution in [-0.2, 0) is 27.0 Å². The van der Waals surface area contributed by atoms with E-state index in [2.05, 4.69) is 5.10 Å². The van der Waals surface area contributed by atoms with Gasteiger partial charge >= 0.3 is 6.18 Å². The summed E-state index contributed by atoms with van der Waals surface area (Å²) in [6.07, 6.45) is -3.40. The van der Waals surface area contributed by atoms with Crippen LogP contribution < -0.4 is 5.73 Å². The fraction of sp³-hybridized carbons (Fsp3) is 0.577. The van der Waals surface area contributed by atoms with Crippen LogP contribution in [0.5, 0.6) is 0 Å². The van der Waals surface area contributed by atoms with Crippen molar-refractivity contribution in [1.29, 1.82) is 0 Å². The molecule has 4 rings (SSSR count). The number of aromatic nitrogens is 2. The van der Waals surface area contributed by atoms with E-state index in [0.717, 1.165) is 18.9 Å². The Morgan fingerprint density at radius 3 is 2.56 bits per heavy atom. The first-order valence-electron chi connectivity index (χ1n) is 12.8. The van der Waals surface area contributed by atoms with Gasteiger partial charge in [0.2, 0.25) is 11.8 Å². The zero-order chi connectivity index (χ0) is 28.6. The average Bonchev–Trinajstić information content (AvgIpc) is 3.45. The second kappa shape index (κ2) is 11.4. The predicted molar refractivity (Wildman–Crippen MR) is 135 cm³/mol. The second-order valence-corrected chi connectivity index (χ2v) is 10.8. The molecule has 0 radical (unpaired) electrons. The number of nitrogens with two attached hydrogens (primary N) is 1. The van der Waals surface area contributed by atoms with Gasteiger partial charge in [0.25, 0.3) is 0 Å². The summed E-state index contributed by atoms with van der Waals surface area (Å²) in [6.45, 7) is 3.19. The summed E-state index contributed by atoms with van der Waals surface area (Å²) >= 11 is 6.56. The lowest BCUT2D eigenvalue weighted by molar-refractivity contribution is -0.146. The number of ether oxygens (including phenoxy) is 1. The fourth-order valence-corrected chi connectivity index (χ4v) is 5.15. The van der Waals surface area contributed by atoms with E-state index in [9.17, 15) is 27.2 Å². The molecule has 0 unspecified atom stereocenters. The standard InChI is InChI=1S/C26H32ClF4N5O3/c1-14-8-17(28)9-18(24(14)27)25-20(39-13-15(2)34(3)11-22(32)37)6-7-35(25)23(38)12-36-21(26(29,30)31)10-19(33-36)16-4-5-16/h8-10,15-16,20,25H,4-7,11-13H2,1-3H3,(H2,32,37)/t15-,20-,25-/m1/s1. The third kappa shape index (κ3) is 6.72. The molecule has 1 aliphatic carbocycles. The van der Waals surface area contributed by atoms with E-state index >= 15 is 0 Å². The van der Waals surface area contributed by atoms with Crippen molar-refractivity contribution in [3.8, 4) is 0 Å². The summed E-state index contributed by atoms with van der Waals surface area (Å²) < 4.78 is 62.6. The van der Waals surface area contributed by atoms with Gasteiger partial charge in [-0.2, -0.15) is 18.3 Å². The van der Waals surface area contributed by atoms with Crippen LogP contribution in [0.4, 0.5) is 17.6 Å². The Bertz CT molecular complexity index is 1230. The van der Waals surface area contributed by atoms with Crippen molar-refractivity contribution in [2.75, 3.05) is 26.7 Å². The molecule has 0 spiro atoms. The normalized spacial score (nSPS) is 20.6. The van der Waals surface area contributed by atoms with E-state index in [1.165, 1.54) is 17.0 Å². The molecule has 2 heterocycles. The first-order chi connectivity index (χ1) is 18.3. The number of primary amides is 1. The van der Waals surface area contributed by atoms with Crippen LogP contribution in [0.3, 0.4) is 0 Å². The summed E-state index contributed by atoms with van der Waals surface area (Å²) in [5, 5.41) is 4.35. The van der Waals surface area contributed by atoms with Gasteiger partial charge in [0.15, 0.2) is 0 Å². The van der Waals surface area contributed by atoms with Crippen molar-refractivity contribution in [3.05, 3.63) is 51.6 Å². The Morgan fingerprint density at radius 2 is 1.95 bits per heavy atom. The first-order valence-corrected chi connectivity index (χ1v) is 13.1. The number of likely N-dealkylation sites (tertiary alicyclic amines) is 1. The van der Waals surface area contributed by atoms with Crippen LogP contribution >= 0.6 is 11.6 Å². The van der Waals surface area contributed by atoms with Crippen LogP contribution in [0, 0.1) is 12.7 Å². The maximum absolute atomic E-state index is 14.5. The van der Waals surface area contributed by atoms with Crippen molar-refractivity contribution >= 4 is 23.4 Å². The van der Waals surface area contributed by atoms with Crippen molar-refractivity contribution in [2.24, 2.45) is 5.73 Å². The van der Waals surface area contributed by atoms with Gasteiger partial charge < -0.3 is 15.4 Å². The molecule has 2 N–H and O–H groups in total. The number of amides is 2. The second-order valence-electron chi connectivity index (χ2n) is 10.4. The van der Waals surface area contributed by atoms with Gasteiger partial charge in [0.1, 0.15) is 18.1 Å². The molecule has 8 nitrogen and oxygen atoms in total. The number of halogens is 5. The molecule has 214 valence electrons. The molecule has 3 atom stereocenters. The highest BCUT2D eigenvalue weighted by atomic mass is 35.5. The summed E-state index contributed by atoms with van der Waals surface area (Å²) in [6, 6.07) is 2.45. The first kappa shape index (κ1) is 29.3. The number of hydrogen-bond acceptors (Lipinski definition) is 5. The molecule has 2 amide bonds. The van der Waals surface area contributed by atoms with Gasteiger partial charge in [-0.3, -0.25) is 19.2 Å². The minimum Gasteiger partial charge on any atom is -0.374 e. The van der Waals surface area contributed by atoms with Crippen molar-refractivity contribution in [3.63, 3.8) is 0 Å². The van der Waals surface area contributed by atoms with Gasteiger partial charge in [0, 0.05) is 23.5 Å². The lowest BCUT2D eigenvalue weighted by atomic mass is 9.99. The molecular formula is C26H32ClF4N5O3. The Balaban J connectivity index is 1.60. The topological polar surface area (TPSA) is 93.7 Å². The third-order valence-electron chi connectivity index (χ3n) is 7.31. The van der Waals surface area contributed by atoms with Crippen LogP contribution in [0.1, 0.15) is 60.7 Å². The maximum atomic E-state index is 14.5. The smallest absolute Gasteiger partial charge is 0.374 e. The lowest BCUT2D eigenvalue weighted by Crippen LogP contribution is -2.41. The van der Waals surface area contributed by atoms with E-state index in [0.29, 0.717) is 27.9 Å². The molecule has 1 saturated carbocycles. The van der Waals surface area contributed by atoms with E-state index in [1.54, 1.807) is 18.9 Å². The number of benzene rings is 1. The molecule has 1 aliphatic heterocycles. The minimum absolute atomic E-state index is 0.0202. The molecule has 2 fully saturated rings. The molecule has 0 bridgehead atoms. The molecule has 1 aromatic carbocycles. The number of hydrogen-bond donors (Lipinski definition) is 1. The summed E-state index contributed by atoms with van der Waals surface area (Å²) in [5.41, 5.74) is 5.40. The summed E-state index contributed by atoms with van der Waals surface area (Å²) in [4.78, 5) is 27.9. The predicted octanol–water partition coefficient (Wildman–Crippen LogP) is 4.04. The SMILES string of the molecule is Cc1cc(F)cc([C@@H]2[C@H](OC[C@@H](C)N(C)CC(N)=O)CCN2C(=O)Cn2nc(C3CC3)cc2C(F)(F)F)c1Cl. The Labute approximate surface area is 229 Å². The minimum atomic E-state index is -4.67. The Kier molecular flexibility index (Phi) is 8.58. The molecule has 13 heteroatoms. The Morgan fingerprint density at radius 1 is 1.26 bits per heavy atom. The monoisotopic (exact) mass is 573 g/mol. The average molecular weight is 574 g/mol. The fourth-order valence-electron chi connectivity index (χ4n) is 4.93. The van der Waals surface area contributed by atoms with Gasteiger partial charge in [-0.25, -0.2) is 4.39 Å². The quantitative estimate of drug-likeness (QED) is 0.433. The highest BCUT2D eigenvalue weighted by Crippen LogP contribution is 2.42. The van der Waals surface area contributed by atoms with Crippen molar-refractivity contribution in [1.82, 2.24) is 19.6 Å². The summed E-state index contributed by atoms with van der Waals surface area (Å²) in [5.74, 6) is -1.69. The molecule has 2 aliphatic rings. The zero-order valence-corrected chi connectivity index (χ0v) is 22.7. The third-order valence-corrected chi connectivity index (χ3v) is 7.82. The van der Waals surface area contributed by atoms with E-state index in [4.69, 9.17) is 22.1 Å². The highest BCUT2D eigenvalue weighted by molar-refractivity contribution is 6.32.